The van der Waals surface area contributed by atoms with Gasteiger partial charge in [-0.2, -0.15) is 0 Å². The number of fused-ring (bicyclic) bond motifs is 3. The highest BCUT2D eigenvalue weighted by Gasteiger charge is 2.30. The van der Waals surface area contributed by atoms with E-state index in [9.17, 15) is 24.0 Å². The van der Waals surface area contributed by atoms with E-state index in [1.807, 2.05) is 30.3 Å². The van der Waals surface area contributed by atoms with Gasteiger partial charge in [-0.25, -0.2) is 4.79 Å². The third-order valence-corrected chi connectivity index (χ3v) is 7.89. The summed E-state index contributed by atoms with van der Waals surface area (Å²) in [5.41, 5.74) is 1.75. The number of imide groups is 1. The lowest BCUT2D eigenvalue weighted by molar-refractivity contribution is -0.132. The summed E-state index contributed by atoms with van der Waals surface area (Å²) in [7, 11) is 1.49. The summed E-state index contributed by atoms with van der Waals surface area (Å²) in [6.45, 7) is 1.32. The number of hydrogen-bond acceptors (Lipinski definition) is 9. The molecule has 2 aromatic carbocycles. The second-order valence-electron chi connectivity index (χ2n) is 11.2. The van der Waals surface area contributed by atoms with Crippen LogP contribution in [-0.4, -0.2) is 95.0 Å². The quantitative estimate of drug-likeness (QED) is 0.278. The maximum Gasteiger partial charge on any atom is 0.322 e. The van der Waals surface area contributed by atoms with E-state index in [1.165, 1.54) is 7.11 Å². The van der Waals surface area contributed by atoms with Crippen LogP contribution in [-0.2, 0) is 33.8 Å². The van der Waals surface area contributed by atoms with Crippen molar-refractivity contribution in [2.45, 2.75) is 50.7 Å². The van der Waals surface area contributed by atoms with Crippen LogP contribution in [0.5, 0.6) is 11.5 Å². The number of aryl methyl sites for hydroxylation is 1. The molecule has 6 amide bonds. The Kier molecular flexibility index (Phi) is 11.0. The van der Waals surface area contributed by atoms with Crippen LogP contribution in [0.4, 0.5) is 4.79 Å². The molecule has 15 nitrogen and oxygen atoms in total. The number of methoxy groups -OCH3 is 1. The molecule has 2 atom stereocenters. The SMILES string of the molecule is COc1cccc2c1OCCCn1cc(nn1)CCN(C(=O)CC[C@@H]1NC(=O)NC1=O)CCNC(=O)[C@H](Cc1ccccc1)NC2=O. The first kappa shape index (κ1) is 32.9. The topological polar surface area (TPSA) is 186 Å². The average molecular weight is 647 g/mol. The van der Waals surface area contributed by atoms with Crippen LogP contribution in [0.3, 0.4) is 0 Å². The minimum absolute atomic E-state index is 0.00850. The van der Waals surface area contributed by atoms with E-state index in [-0.39, 0.29) is 56.2 Å². The lowest BCUT2D eigenvalue weighted by atomic mass is 10.0. The van der Waals surface area contributed by atoms with Crippen LogP contribution in [0, 0.1) is 0 Å². The Labute approximate surface area is 271 Å². The summed E-state index contributed by atoms with van der Waals surface area (Å²) in [6, 6.07) is 12.0. The lowest BCUT2D eigenvalue weighted by Gasteiger charge is -2.24. The molecule has 15 heteroatoms. The number of nitrogens with one attached hydrogen (secondary N) is 4. The smallest absolute Gasteiger partial charge is 0.322 e. The summed E-state index contributed by atoms with van der Waals surface area (Å²) in [5.74, 6) is -0.993. The molecule has 2 aliphatic heterocycles. The van der Waals surface area contributed by atoms with Crippen LogP contribution in [0.25, 0.3) is 0 Å². The number of benzene rings is 2. The van der Waals surface area contributed by atoms with E-state index in [2.05, 4.69) is 31.6 Å². The fraction of sp³-hybridized carbons (Fsp3) is 0.406. The molecule has 248 valence electrons. The van der Waals surface area contributed by atoms with Gasteiger partial charge in [-0.05, 0) is 24.1 Å². The molecule has 2 bridgehead atoms. The van der Waals surface area contributed by atoms with Gasteiger partial charge in [0.2, 0.25) is 11.8 Å². The number of amides is 6. The highest BCUT2D eigenvalue weighted by atomic mass is 16.5. The normalized spacial score (nSPS) is 19.5. The fourth-order valence-electron chi connectivity index (χ4n) is 5.40. The van der Waals surface area contributed by atoms with Crippen LogP contribution in [0.1, 0.15) is 40.9 Å². The number of ether oxygens (including phenoxy) is 2. The second kappa shape index (κ2) is 15.7. The van der Waals surface area contributed by atoms with Gasteiger partial charge in [-0.15, -0.1) is 5.10 Å². The molecular weight excluding hydrogens is 608 g/mol. The first-order valence-corrected chi connectivity index (χ1v) is 15.5. The van der Waals surface area contributed by atoms with Gasteiger partial charge >= 0.3 is 6.03 Å². The summed E-state index contributed by atoms with van der Waals surface area (Å²) in [5, 5.41) is 18.8. The third kappa shape index (κ3) is 8.83. The molecule has 0 aliphatic carbocycles. The Morgan fingerprint density at radius 1 is 0.979 bits per heavy atom. The van der Waals surface area contributed by atoms with Gasteiger partial charge in [0.15, 0.2) is 11.5 Å². The van der Waals surface area contributed by atoms with Gasteiger partial charge in [-0.1, -0.05) is 41.6 Å². The van der Waals surface area contributed by atoms with Crippen LogP contribution in [0.2, 0.25) is 0 Å². The number of rotatable bonds is 6. The first-order chi connectivity index (χ1) is 22.8. The minimum atomic E-state index is -0.936. The molecule has 5 rings (SSSR count). The third-order valence-electron chi connectivity index (χ3n) is 7.89. The van der Waals surface area contributed by atoms with Crippen molar-refractivity contribution in [3.63, 3.8) is 0 Å². The van der Waals surface area contributed by atoms with E-state index in [4.69, 9.17) is 9.47 Å². The molecule has 1 aromatic heterocycles. The van der Waals surface area contributed by atoms with Crippen molar-refractivity contribution in [3.05, 3.63) is 71.5 Å². The van der Waals surface area contributed by atoms with E-state index in [0.717, 1.165) is 5.56 Å². The molecule has 3 heterocycles. The highest BCUT2D eigenvalue weighted by molar-refractivity contribution is 6.04. The first-order valence-electron chi connectivity index (χ1n) is 15.5. The Morgan fingerprint density at radius 3 is 2.57 bits per heavy atom. The molecule has 4 N–H and O–H groups in total. The molecule has 2 aliphatic rings. The number of para-hydroxylation sites is 1. The van der Waals surface area contributed by atoms with Gasteiger partial charge in [0.05, 0.1) is 25.0 Å². The maximum absolute atomic E-state index is 13.7. The predicted molar refractivity (Wildman–Crippen MR) is 168 cm³/mol. The largest absolute Gasteiger partial charge is 0.493 e. The van der Waals surface area contributed by atoms with Crippen LogP contribution in [0.15, 0.2) is 54.7 Å². The Morgan fingerprint density at radius 2 is 1.81 bits per heavy atom. The zero-order chi connectivity index (χ0) is 33.2. The number of hydrogen-bond donors (Lipinski definition) is 4. The van der Waals surface area contributed by atoms with Gasteiger partial charge in [-0.3, -0.25) is 29.2 Å². The zero-order valence-corrected chi connectivity index (χ0v) is 26.1. The van der Waals surface area contributed by atoms with Crippen LogP contribution >= 0.6 is 0 Å². The number of aromatic nitrogens is 3. The fourth-order valence-corrected chi connectivity index (χ4v) is 5.40. The predicted octanol–water partition coefficient (Wildman–Crippen LogP) is 0.586. The Bertz CT molecular complexity index is 1590. The number of urea groups is 1. The number of carbonyl (C=O) groups is 5. The van der Waals surface area contributed by atoms with Gasteiger partial charge in [0, 0.05) is 58.1 Å². The molecule has 0 unspecified atom stereocenters. The van der Waals surface area contributed by atoms with Crippen molar-refractivity contribution in [2.24, 2.45) is 0 Å². The zero-order valence-electron chi connectivity index (χ0n) is 26.1. The lowest BCUT2D eigenvalue weighted by Crippen LogP contribution is -2.50. The average Bonchev–Trinajstić information content (AvgIpc) is 3.67. The van der Waals surface area contributed by atoms with E-state index in [1.54, 1.807) is 34.0 Å². The molecule has 0 saturated carbocycles. The van der Waals surface area contributed by atoms with Gasteiger partial charge < -0.3 is 30.3 Å². The van der Waals surface area contributed by atoms with Crippen molar-refractivity contribution >= 4 is 29.7 Å². The molecule has 0 spiro atoms. The summed E-state index contributed by atoms with van der Waals surface area (Å²) >= 11 is 0. The minimum Gasteiger partial charge on any atom is -0.493 e. The van der Waals surface area contributed by atoms with Crippen LogP contribution < -0.4 is 30.7 Å². The highest BCUT2D eigenvalue weighted by Crippen LogP contribution is 2.31. The van der Waals surface area contributed by atoms with Crippen molar-refractivity contribution < 1.29 is 33.4 Å². The standard InChI is InChI=1S/C32H38N8O7/c1-46-26-10-5-9-23-28(26)47-18-6-15-40-20-22(37-38-40)13-16-39(27(41)12-11-24-31(44)36-32(45)35-24)17-14-33-30(43)25(34-29(23)42)19-21-7-3-2-4-8-21/h2-5,7-10,20,24-25H,6,11-19H2,1H3,(H,33,43)(H,34,42)(H2,35,36,44,45)/t24-,25-/m0/s1. The van der Waals surface area contributed by atoms with Gasteiger partial charge in [0.25, 0.3) is 11.8 Å². The second-order valence-corrected chi connectivity index (χ2v) is 11.2. The number of carbonyl (C=O) groups excluding carboxylic acids is 5. The Balaban J connectivity index is 1.36. The maximum atomic E-state index is 13.7. The van der Waals surface area contributed by atoms with E-state index in [0.29, 0.717) is 37.4 Å². The van der Waals surface area contributed by atoms with Crippen molar-refractivity contribution in [1.29, 1.82) is 0 Å². The van der Waals surface area contributed by atoms with E-state index < -0.39 is 35.8 Å². The van der Waals surface area contributed by atoms with Gasteiger partial charge in [0.1, 0.15) is 12.1 Å². The summed E-state index contributed by atoms with van der Waals surface area (Å²) in [6.07, 6.45) is 3.13. The molecule has 3 aromatic rings. The number of nitrogens with zero attached hydrogens (tertiary/aromatic N) is 4. The van der Waals surface area contributed by atoms with Crippen molar-refractivity contribution in [3.8, 4) is 11.5 Å². The molecular formula is C32H38N8O7. The van der Waals surface area contributed by atoms with E-state index >= 15 is 0 Å². The molecule has 0 radical (unpaired) electrons. The monoisotopic (exact) mass is 646 g/mol. The summed E-state index contributed by atoms with van der Waals surface area (Å²) < 4.78 is 13.2. The summed E-state index contributed by atoms with van der Waals surface area (Å²) in [4.78, 5) is 65.6. The molecule has 47 heavy (non-hydrogen) atoms. The molecule has 1 fully saturated rings. The van der Waals surface area contributed by atoms with Crippen molar-refractivity contribution in [2.75, 3.05) is 33.4 Å². The molecule has 1 saturated heterocycles. The Hall–Kier alpha value is -5.47. The van der Waals surface area contributed by atoms with Crippen molar-refractivity contribution in [1.82, 2.24) is 41.2 Å².